The Labute approximate surface area is 123 Å². The van der Waals surface area contributed by atoms with Gasteiger partial charge in [0.05, 0.1) is 4.90 Å². The van der Waals surface area contributed by atoms with Gasteiger partial charge in [0.2, 0.25) is 0 Å². The minimum absolute atomic E-state index is 0.00412. The van der Waals surface area contributed by atoms with Crippen LogP contribution < -0.4 is 0 Å². The molecule has 0 aromatic heterocycles. The van der Waals surface area contributed by atoms with Crippen molar-refractivity contribution in [2.45, 2.75) is 30.9 Å². The predicted octanol–water partition coefficient (Wildman–Crippen LogP) is 1.18. The first kappa shape index (κ1) is 15.7. The maximum atomic E-state index is 12.7. The zero-order valence-electron chi connectivity index (χ0n) is 11.9. The maximum absolute atomic E-state index is 12.7. The van der Waals surface area contributed by atoms with Crippen LogP contribution in [0.2, 0.25) is 0 Å². The van der Waals surface area contributed by atoms with Crippen LogP contribution in [0.15, 0.2) is 35.2 Å². The summed E-state index contributed by atoms with van der Waals surface area (Å²) in [5.41, 5.74) is -1.34. The van der Waals surface area contributed by atoms with Gasteiger partial charge in [-0.25, -0.2) is 12.7 Å². The third-order valence-electron chi connectivity index (χ3n) is 3.69. The van der Waals surface area contributed by atoms with Gasteiger partial charge in [-0.1, -0.05) is 18.2 Å². The zero-order valence-corrected chi connectivity index (χ0v) is 12.7. The van der Waals surface area contributed by atoms with E-state index in [4.69, 9.17) is 4.74 Å². The number of nitrogens with zero attached hydrogens (tertiary/aromatic N) is 1. The van der Waals surface area contributed by atoms with Gasteiger partial charge in [0.25, 0.3) is 15.9 Å². The summed E-state index contributed by atoms with van der Waals surface area (Å²) in [5, 5.41) is 0. The second-order valence-electron chi connectivity index (χ2n) is 5.18. The molecule has 0 aliphatic carbocycles. The summed E-state index contributed by atoms with van der Waals surface area (Å²) in [5.74, 6) is -0.751. The summed E-state index contributed by atoms with van der Waals surface area (Å²) < 4.78 is 31.2. The Morgan fingerprint density at radius 3 is 2.48 bits per heavy atom. The number of sulfonamides is 1. The molecule has 1 aromatic carbocycles. The number of aldehydes is 1. The number of amides is 1. The number of ether oxygens (including phenoxy) is 1. The fourth-order valence-electron chi connectivity index (χ4n) is 2.32. The third kappa shape index (κ3) is 2.58. The quantitative estimate of drug-likeness (QED) is 0.616. The van der Waals surface area contributed by atoms with Gasteiger partial charge in [0.1, 0.15) is 17.9 Å². The molecule has 114 valence electrons. The van der Waals surface area contributed by atoms with E-state index in [9.17, 15) is 18.0 Å². The second kappa shape index (κ2) is 5.57. The van der Waals surface area contributed by atoms with Crippen LogP contribution in [0.1, 0.15) is 19.8 Å². The molecular formula is C14H17NO5S. The Balaban J connectivity index is 2.52. The van der Waals surface area contributed by atoms with Gasteiger partial charge in [-0.05, 0) is 31.9 Å². The van der Waals surface area contributed by atoms with Crippen LogP contribution in [-0.2, 0) is 24.3 Å². The normalized spacial score (nSPS) is 26.7. The highest BCUT2D eigenvalue weighted by Crippen LogP contribution is 2.35. The fraction of sp³-hybridized carbons (Fsp3) is 0.429. The molecule has 0 N–H and O–H groups in total. The Bertz CT molecular complexity index is 643. The van der Waals surface area contributed by atoms with Gasteiger partial charge in [0, 0.05) is 7.11 Å². The number of rotatable bonds is 4. The molecule has 0 saturated carbocycles. The van der Waals surface area contributed by atoms with Crippen molar-refractivity contribution in [3.63, 3.8) is 0 Å². The molecule has 0 unspecified atom stereocenters. The van der Waals surface area contributed by atoms with Crippen molar-refractivity contribution >= 4 is 22.2 Å². The summed E-state index contributed by atoms with van der Waals surface area (Å²) in [4.78, 5) is 23.7. The van der Waals surface area contributed by atoms with E-state index >= 15 is 0 Å². The molecule has 1 amide bonds. The van der Waals surface area contributed by atoms with E-state index in [2.05, 4.69) is 0 Å². The highest BCUT2D eigenvalue weighted by atomic mass is 32.2. The minimum atomic E-state index is -4.05. The van der Waals surface area contributed by atoms with E-state index in [0.717, 1.165) is 0 Å². The Kier molecular flexibility index (Phi) is 4.15. The number of hydrogen-bond acceptors (Lipinski definition) is 5. The lowest BCUT2D eigenvalue weighted by Crippen LogP contribution is -2.56. The summed E-state index contributed by atoms with van der Waals surface area (Å²) in [7, 11) is -2.71. The topological polar surface area (TPSA) is 80.8 Å². The summed E-state index contributed by atoms with van der Waals surface area (Å²) in [6.07, 6.45) is 0.156. The summed E-state index contributed by atoms with van der Waals surface area (Å²) >= 11 is 0. The number of methoxy groups -OCH3 is 1. The largest absolute Gasteiger partial charge is 0.360 e. The number of piperidine rings is 1. The van der Waals surface area contributed by atoms with Crippen molar-refractivity contribution in [1.29, 1.82) is 0 Å². The first-order valence-electron chi connectivity index (χ1n) is 6.50. The predicted molar refractivity (Wildman–Crippen MR) is 74.7 cm³/mol. The van der Waals surface area contributed by atoms with E-state index in [1.165, 1.54) is 26.2 Å². The van der Waals surface area contributed by atoms with Crippen molar-refractivity contribution < 1.29 is 22.7 Å². The van der Waals surface area contributed by atoms with E-state index < -0.39 is 27.6 Å². The SMILES string of the molecule is CO[C@@H]1CC[C@](C)(C=O)C(=O)N1S(=O)(=O)c1ccccc1. The van der Waals surface area contributed by atoms with Crippen LogP contribution in [0.3, 0.4) is 0 Å². The van der Waals surface area contributed by atoms with Crippen LogP contribution in [0.4, 0.5) is 0 Å². The van der Waals surface area contributed by atoms with E-state index in [1.807, 2.05) is 0 Å². The van der Waals surface area contributed by atoms with Crippen molar-refractivity contribution in [3.8, 4) is 0 Å². The van der Waals surface area contributed by atoms with Gasteiger partial charge in [0.15, 0.2) is 0 Å². The lowest BCUT2D eigenvalue weighted by Gasteiger charge is -2.40. The van der Waals surface area contributed by atoms with Crippen LogP contribution in [-0.4, -0.2) is 38.3 Å². The second-order valence-corrected chi connectivity index (χ2v) is 7.00. The van der Waals surface area contributed by atoms with Crippen molar-refractivity contribution in [3.05, 3.63) is 30.3 Å². The molecule has 7 heteroatoms. The highest BCUT2D eigenvalue weighted by molar-refractivity contribution is 7.89. The van der Waals surface area contributed by atoms with Crippen LogP contribution >= 0.6 is 0 Å². The minimum Gasteiger partial charge on any atom is -0.360 e. The molecule has 21 heavy (non-hydrogen) atoms. The molecule has 0 radical (unpaired) electrons. The standard InChI is InChI=1S/C14H17NO5S/c1-14(10-16)9-8-12(20-2)15(13(14)17)21(18,19)11-6-4-3-5-7-11/h3-7,10,12H,8-9H2,1-2H3/t12-,14-/m1/s1. The number of carbonyl (C=O) groups excluding carboxylic acids is 2. The van der Waals surface area contributed by atoms with Crippen molar-refractivity contribution in [1.82, 2.24) is 4.31 Å². The van der Waals surface area contributed by atoms with E-state index in [-0.39, 0.29) is 17.7 Å². The van der Waals surface area contributed by atoms with Crippen LogP contribution in [0.25, 0.3) is 0 Å². The molecule has 2 rings (SSSR count). The van der Waals surface area contributed by atoms with Crippen LogP contribution in [0.5, 0.6) is 0 Å². The molecule has 2 atom stereocenters. The van der Waals surface area contributed by atoms with E-state index in [1.54, 1.807) is 18.2 Å². The number of benzene rings is 1. The molecule has 1 aliphatic heterocycles. The Hall–Kier alpha value is -1.73. The summed E-state index contributed by atoms with van der Waals surface area (Å²) in [6, 6.07) is 7.63. The van der Waals surface area contributed by atoms with Crippen molar-refractivity contribution in [2.24, 2.45) is 5.41 Å². The molecular weight excluding hydrogens is 294 g/mol. The van der Waals surface area contributed by atoms with Gasteiger partial charge < -0.3 is 9.53 Å². The highest BCUT2D eigenvalue weighted by Gasteiger charge is 2.49. The molecule has 1 heterocycles. The van der Waals surface area contributed by atoms with E-state index in [0.29, 0.717) is 10.6 Å². The lowest BCUT2D eigenvalue weighted by atomic mass is 9.83. The van der Waals surface area contributed by atoms with Gasteiger partial charge >= 0.3 is 0 Å². The average Bonchev–Trinajstić information content (AvgIpc) is 2.50. The monoisotopic (exact) mass is 311 g/mol. The molecule has 1 aromatic rings. The van der Waals surface area contributed by atoms with Gasteiger partial charge in [-0.2, -0.15) is 0 Å². The molecule has 1 saturated heterocycles. The van der Waals surface area contributed by atoms with Crippen molar-refractivity contribution in [2.75, 3.05) is 7.11 Å². The Morgan fingerprint density at radius 1 is 1.33 bits per heavy atom. The first-order valence-corrected chi connectivity index (χ1v) is 7.94. The fourth-order valence-corrected chi connectivity index (χ4v) is 3.98. The number of hydrogen-bond donors (Lipinski definition) is 0. The number of carbonyl (C=O) groups is 2. The molecule has 1 fully saturated rings. The lowest BCUT2D eigenvalue weighted by molar-refractivity contribution is -0.154. The molecule has 0 bridgehead atoms. The Morgan fingerprint density at radius 2 is 1.95 bits per heavy atom. The average molecular weight is 311 g/mol. The summed E-state index contributed by atoms with van der Waals surface area (Å²) in [6.45, 7) is 1.45. The zero-order chi connectivity index (χ0) is 15.7. The van der Waals surface area contributed by atoms with Crippen LogP contribution in [0, 0.1) is 5.41 Å². The molecule has 0 spiro atoms. The van der Waals surface area contributed by atoms with Gasteiger partial charge in [-0.3, -0.25) is 4.79 Å². The molecule has 1 aliphatic rings. The molecule has 6 nitrogen and oxygen atoms in total. The smallest absolute Gasteiger partial charge is 0.268 e. The first-order chi connectivity index (χ1) is 9.86. The third-order valence-corrected chi connectivity index (χ3v) is 5.48. The maximum Gasteiger partial charge on any atom is 0.268 e. The van der Waals surface area contributed by atoms with Gasteiger partial charge in [-0.15, -0.1) is 0 Å².